The molecule has 0 unspecified atom stereocenters. The lowest BCUT2D eigenvalue weighted by atomic mass is 10.3. The summed E-state index contributed by atoms with van der Waals surface area (Å²) < 4.78 is 5.12. The Balaban J connectivity index is 1.99. The lowest BCUT2D eigenvalue weighted by Gasteiger charge is -2.07. The van der Waals surface area contributed by atoms with Gasteiger partial charge in [0.25, 0.3) is 0 Å². The van der Waals surface area contributed by atoms with Gasteiger partial charge in [0.1, 0.15) is 5.75 Å². The molecular weight excluding hydrogens is 228 g/mol. The quantitative estimate of drug-likeness (QED) is 0.867. The molecule has 1 amide bonds. The molecule has 0 fully saturated rings. The number of benzene rings is 2. The van der Waals surface area contributed by atoms with Gasteiger partial charge < -0.3 is 10.1 Å². The van der Waals surface area contributed by atoms with Crippen molar-refractivity contribution in [2.75, 3.05) is 17.7 Å². The number of amides is 1. The van der Waals surface area contributed by atoms with E-state index in [0.29, 0.717) is 11.4 Å². The van der Waals surface area contributed by atoms with E-state index < -0.39 is 6.09 Å². The Morgan fingerprint density at radius 3 is 2.44 bits per heavy atom. The largest absolute Gasteiger partial charge is 0.417 e. The molecule has 0 heterocycles. The van der Waals surface area contributed by atoms with Gasteiger partial charge in [0, 0.05) is 18.4 Å². The Hall–Kier alpha value is -2.49. The van der Waals surface area contributed by atoms with Gasteiger partial charge in [0.2, 0.25) is 0 Å². The van der Waals surface area contributed by atoms with Gasteiger partial charge in [0.15, 0.2) is 0 Å². The van der Waals surface area contributed by atoms with Gasteiger partial charge in [-0.2, -0.15) is 0 Å². The number of carbonyl (C=O) groups is 1. The Morgan fingerprint density at radius 2 is 1.72 bits per heavy atom. The molecule has 0 aliphatic rings. The number of para-hydroxylation sites is 1. The van der Waals surface area contributed by atoms with E-state index in [9.17, 15) is 4.79 Å². The van der Waals surface area contributed by atoms with E-state index in [4.69, 9.17) is 4.74 Å². The van der Waals surface area contributed by atoms with Crippen molar-refractivity contribution in [1.82, 2.24) is 0 Å². The molecule has 2 N–H and O–H groups in total. The molecule has 0 aliphatic heterocycles. The molecule has 92 valence electrons. The van der Waals surface area contributed by atoms with E-state index in [1.807, 2.05) is 43.4 Å². The van der Waals surface area contributed by atoms with Crippen LogP contribution in [0.2, 0.25) is 0 Å². The highest BCUT2D eigenvalue weighted by Crippen LogP contribution is 2.15. The van der Waals surface area contributed by atoms with Crippen LogP contribution < -0.4 is 15.4 Å². The molecule has 0 bridgehead atoms. The second-order valence-corrected chi connectivity index (χ2v) is 3.66. The molecule has 0 radical (unpaired) electrons. The number of rotatable bonds is 3. The molecule has 18 heavy (non-hydrogen) atoms. The fraction of sp³-hybridized carbons (Fsp3) is 0.0714. The van der Waals surface area contributed by atoms with Crippen LogP contribution in [0.3, 0.4) is 0 Å². The van der Waals surface area contributed by atoms with Crippen molar-refractivity contribution in [3.63, 3.8) is 0 Å². The van der Waals surface area contributed by atoms with E-state index in [1.54, 1.807) is 18.2 Å². The number of carbonyl (C=O) groups excluding carboxylic acids is 1. The second kappa shape index (κ2) is 5.72. The lowest BCUT2D eigenvalue weighted by Crippen LogP contribution is -2.16. The number of anilines is 2. The normalized spacial score (nSPS) is 9.61. The van der Waals surface area contributed by atoms with Crippen LogP contribution >= 0.6 is 0 Å². The van der Waals surface area contributed by atoms with Crippen LogP contribution in [0, 0.1) is 0 Å². The van der Waals surface area contributed by atoms with Crippen LogP contribution in [-0.2, 0) is 0 Å². The first-order chi connectivity index (χ1) is 8.78. The number of nitrogens with one attached hydrogen (secondary N) is 2. The minimum absolute atomic E-state index is 0.505. The summed E-state index contributed by atoms with van der Waals surface area (Å²) in [7, 11) is 1.82. The molecule has 2 rings (SSSR count). The van der Waals surface area contributed by atoms with Crippen LogP contribution in [0.4, 0.5) is 16.2 Å². The summed E-state index contributed by atoms with van der Waals surface area (Å²) in [6.07, 6.45) is -0.505. The molecule has 0 aromatic heterocycles. The monoisotopic (exact) mass is 242 g/mol. The van der Waals surface area contributed by atoms with Crippen molar-refractivity contribution >= 4 is 17.5 Å². The average Bonchev–Trinajstić information content (AvgIpc) is 2.40. The van der Waals surface area contributed by atoms with E-state index in [0.717, 1.165) is 5.69 Å². The number of ether oxygens (including phenoxy) is 1. The molecule has 2 aromatic carbocycles. The van der Waals surface area contributed by atoms with Crippen molar-refractivity contribution < 1.29 is 9.53 Å². The van der Waals surface area contributed by atoms with Gasteiger partial charge in [-0.3, -0.25) is 5.32 Å². The Kier molecular flexibility index (Phi) is 3.81. The Bertz CT molecular complexity index is 526. The highest BCUT2D eigenvalue weighted by atomic mass is 16.6. The highest BCUT2D eigenvalue weighted by Gasteiger charge is 2.04. The van der Waals surface area contributed by atoms with Crippen molar-refractivity contribution in [2.45, 2.75) is 0 Å². The summed E-state index contributed by atoms with van der Waals surface area (Å²) >= 11 is 0. The maximum Gasteiger partial charge on any atom is 0.417 e. The van der Waals surface area contributed by atoms with Gasteiger partial charge in [0.05, 0.1) is 0 Å². The third-order valence-electron chi connectivity index (χ3n) is 2.35. The van der Waals surface area contributed by atoms with Crippen LogP contribution in [-0.4, -0.2) is 13.1 Å². The molecular formula is C14H14N2O2. The molecule has 0 saturated carbocycles. The van der Waals surface area contributed by atoms with Gasteiger partial charge in [-0.25, -0.2) is 4.79 Å². The first kappa shape index (κ1) is 12.0. The zero-order valence-electron chi connectivity index (χ0n) is 10.0. The lowest BCUT2D eigenvalue weighted by molar-refractivity contribution is 0.215. The molecule has 0 atom stereocenters. The van der Waals surface area contributed by atoms with E-state index in [2.05, 4.69) is 10.6 Å². The highest BCUT2D eigenvalue weighted by molar-refractivity contribution is 5.86. The Morgan fingerprint density at radius 1 is 1.00 bits per heavy atom. The summed E-state index contributed by atoms with van der Waals surface area (Å²) in [6, 6.07) is 16.3. The number of hydrogen-bond donors (Lipinski definition) is 2. The number of hydrogen-bond acceptors (Lipinski definition) is 3. The summed E-state index contributed by atoms with van der Waals surface area (Å²) in [6.45, 7) is 0. The SMILES string of the molecule is CNc1cccc(NC(=O)Oc2ccccc2)c1. The Labute approximate surface area is 106 Å². The summed E-state index contributed by atoms with van der Waals surface area (Å²) in [4.78, 5) is 11.6. The molecule has 0 aliphatic carbocycles. The minimum Gasteiger partial charge on any atom is -0.410 e. The van der Waals surface area contributed by atoms with Gasteiger partial charge in [-0.15, -0.1) is 0 Å². The first-order valence-corrected chi connectivity index (χ1v) is 5.59. The maximum atomic E-state index is 11.6. The molecule has 0 spiro atoms. The van der Waals surface area contributed by atoms with Crippen LogP contribution in [0.15, 0.2) is 54.6 Å². The van der Waals surface area contributed by atoms with Gasteiger partial charge in [-0.1, -0.05) is 24.3 Å². The topological polar surface area (TPSA) is 50.4 Å². The predicted octanol–water partition coefficient (Wildman–Crippen LogP) is 3.34. The fourth-order valence-corrected chi connectivity index (χ4v) is 1.49. The predicted molar refractivity (Wildman–Crippen MR) is 72.1 cm³/mol. The average molecular weight is 242 g/mol. The minimum atomic E-state index is -0.505. The summed E-state index contributed by atoms with van der Waals surface area (Å²) in [5, 5.41) is 5.66. The van der Waals surface area contributed by atoms with E-state index in [1.165, 1.54) is 0 Å². The second-order valence-electron chi connectivity index (χ2n) is 3.66. The first-order valence-electron chi connectivity index (χ1n) is 5.59. The van der Waals surface area contributed by atoms with Crippen LogP contribution in [0.25, 0.3) is 0 Å². The standard InChI is InChI=1S/C14H14N2O2/c1-15-11-6-5-7-12(10-11)16-14(17)18-13-8-3-2-4-9-13/h2-10,15H,1H3,(H,16,17). The smallest absolute Gasteiger partial charge is 0.410 e. The van der Waals surface area contributed by atoms with Crippen molar-refractivity contribution in [3.05, 3.63) is 54.6 Å². The molecule has 2 aromatic rings. The van der Waals surface area contributed by atoms with Gasteiger partial charge >= 0.3 is 6.09 Å². The molecule has 4 heteroatoms. The van der Waals surface area contributed by atoms with Crippen molar-refractivity contribution in [1.29, 1.82) is 0 Å². The van der Waals surface area contributed by atoms with Crippen molar-refractivity contribution in [2.24, 2.45) is 0 Å². The van der Waals surface area contributed by atoms with E-state index in [-0.39, 0.29) is 0 Å². The molecule has 4 nitrogen and oxygen atoms in total. The zero-order valence-corrected chi connectivity index (χ0v) is 10.0. The maximum absolute atomic E-state index is 11.6. The van der Waals surface area contributed by atoms with Crippen LogP contribution in [0.5, 0.6) is 5.75 Å². The zero-order chi connectivity index (χ0) is 12.8. The third-order valence-corrected chi connectivity index (χ3v) is 2.35. The third kappa shape index (κ3) is 3.25. The van der Waals surface area contributed by atoms with Gasteiger partial charge in [-0.05, 0) is 30.3 Å². The van der Waals surface area contributed by atoms with Crippen LogP contribution in [0.1, 0.15) is 0 Å². The summed E-state index contributed by atoms with van der Waals surface area (Å²) in [5.74, 6) is 0.514. The molecule has 0 saturated heterocycles. The fourth-order valence-electron chi connectivity index (χ4n) is 1.49. The van der Waals surface area contributed by atoms with Crippen molar-refractivity contribution in [3.8, 4) is 5.75 Å². The summed E-state index contributed by atoms with van der Waals surface area (Å²) in [5.41, 5.74) is 1.61. The van der Waals surface area contributed by atoms with E-state index >= 15 is 0 Å².